The number of hydrogen-bond donors (Lipinski definition) is 4. The first-order valence-electron chi connectivity index (χ1n) is 10.3. The summed E-state index contributed by atoms with van der Waals surface area (Å²) in [6, 6.07) is 5.04. The van der Waals surface area contributed by atoms with E-state index < -0.39 is 45.9 Å². The largest absolute Gasteiger partial charge is 0.481 e. The summed E-state index contributed by atoms with van der Waals surface area (Å²) in [6.45, 7) is 8.31. The predicted molar refractivity (Wildman–Crippen MR) is 122 cm³/mol. The molecule has 0 fully saturated rings. The number of carbonyl (C=O) groups is 1. The quantitative estimate of drug-likeness (QED) is 0.358. The Kier molecular flexibility index (Phi) is 8.64. The van der Waals surface area contributed by atoms with Crippen LogP contribution in [-0.4, -0.2) is 57.6 Å². The lowest BCUT2D eigenvalue weighted by molar-refractivity contribution is -0.142. The first-order chi connectivity index (χ1) is 15.4. The number of hydrogen-bond acceptors (Lipinski definition) is 7. The van der Waals surface area contributed by atoms with Gasteiger partial charge >= 0.3 is 5.97 Å². The number of aliphatic carboxylic acids is 1. The monoisotopic (exact) mass is 481 g/mol. The minimum Gasteiger partial charge on any atom is -0.481 e. The summed E-state index contributed by atoms with van der Waals surface area (Å²) >= 11 is 0. The van der Waals surface area contributed by atoms with Crippen molar-refractivity contribution in [1.82, 2.24) is 9.97 Å². The third kappa shape index (κ3) is 6.56. The second kappa shape index (κ2) is 10.8. The molecule has 0 radical (unpaired) electrons. The minimum atomic E-state index is -3.75. The number of anilines is 1. The van der Waals surface area contributed by atoms with Gasteiger partial charge < -0.3 is 15.3 Å². The molecule has 0 aliphatic rings. The van der Waals surface area contributed by atoms with E-state index in [4.69, 9.17) is 0 Å². The van der Waals surface area contributed by atoms with Gasteiger partial charge in [0.15, 0.2) is 0 Å². The maximum absolute atomic E-state index is 13.6. The van der Waals surface area contributed by atoms with Crippen LogP contribution < -0.4 is 4.72 Å². The average molecular weight is 482 g/mol. The zero-order chi connectivity index (χ0) is 24.9. The molecule has 3 atom stereocenters. The molecule has 0 aliphatic heterocycles. The molecule has 0 aliphatic carbocycles. The van der Waals surface area contributed by atoms with Gasteiger partial charge in [-0.1, -0.05) is 19.9 Å². The molecule has 9 nitrogen and oxygen atoms in total. The molecule has 0 amide bonds. The van der Waals surface area contributed by atoms with Crippen LogP contribution in [0.15, 0.2) is 36.9 Å². The summed E-state index contributed by atoms with van der Waals surface area (Å²) in [6.07, 6.45) is -1.85. The van der Waals surface area contributed by atoms with Gasteiger partial charge in [0.2, 0.25) is 16.0 Å². The van der Waals surface area contributed by atoms with E-state index >= 15 is 0 Å². The van der Waals surface area contributed by atoms with E-state index in [-0.39, 0.29) is 35.1 Å². The first kappa shape index (κ1) is 26.4. The van der Waals surface area contributed by atoms with Crippen LogP contribution in [0.25, 0.3) is 11.3 Å². The van der Waals surface area contributed by atoms with E-state index in [0.29, 0.717) is 5.56 Å². The molecule has 11 heteroatoms. The van der Waals surface area contributed by atoms with E-state index in [9.17, 15) is 32.9 Å². The van der Waals surface area contributed by atoms with Gasteiger partial charge in [-0.25, -0.2) is 22.8 Å². The van der Waals surface area contributed by atoms with Gasteiger partial charge in [-0.05, 0) is 37.1 Å². The van der Waals surface area contributed by atoms with Gasteiger partial charge in [0.25, 0.3) is 0 Å². The number of nitrogens with one attached hydrogen (secondary N) is 1. The number of sulfonamides is 1. The summed E-state index contributed by atoms with van der Waals surface area (Å²) in [7, 11) is -3.75. The molecule has 2 rings (SSSR count). The highest BCUT2D eigenvalue weighted by molar-refractivity contribution is 7.92. The van der Waals surface area contributed by atoms with Crippen molar-refractivity contribution in [3.8, 4) is 11.3 Å². The molecule has 33 heavy (non-hydrogen) atoms. The Labute approximate surface area is 192 Å². The number of carboxylic acids is 1. The average Bonchev–Trinajstić information content (AvgIpc) is 2.74. The lowest BCUT2D eigenvalue weighted by Gasteiger charge is -2.26. The lowest BCUT2D eigenvalue weighted by atomic mass is 9.84. The maximum Gasteiger partial charge on any atom is 0.313 e. The molecule has 180 valence electrons. The van der Waals surface area contributed by atoms with Gasteiger partial charge in [0.05, 0.1) is 29.3 Å². The van der Waals surface area contributed by atoms with Crippen molar-refractivity contribution in [2.75, 3.05) is 10.5 Å². The molecule has 2 aromatic rings. The molecular formula is C22H28FN3O6S. The normalized spacial score (nSPS) is 14.5. The van der Waals surface area contributed by atoms with E-state index in [1.54, 1.807) is 13.8 Å². The zero-order valence-electron chi connectivity index (χ0n) is 18.6. The third-order valence-electron chi connectivity index (χ3n) is 4.98. The fourth-order valence-corrected chi connectivity index (χ4v) is 3.79. The number of aromatic nitrogens is 2. The van der Waals surface area contributed by atoms with Gasteiger partial charge in [-0.3, -0.25) is 9.52 Å². The SMILES string of the molecule is C=CC(O)CC(O)C(C(=O)O)c1c(-c2ccc(F)cc2)nc(NS(=O)(=O)CC)nc1C(C)C. The molecule has 1 aromatic carbocycles. The van der Waals surface area contributed by atoms with E-state index in [1.807, 2.05) is 0 Å². The van der Waals surface area contributed by atoms with Crippen molar-refractivity contribution in [3.05, 3.63) is 54.0 Å². The van der Waals surface area contributed by atoms with Crippen LogP contribution in [0.2, 0.25) is 0 Å². The highest BCUT2D eigenvalue weighted by atomic mass is 32.2. The molecule has 3 unspecified atom stereocenters. The first-order valence-corrected chi connectivity index (χ1v) is 11.9. The highest BCUT2D eigenvalue weighted by Gasteiger charge is 2.36. The van der Waals surface area contributed by atoms with Crippen molar-refractivity contribution in [1.29, 1.82) is 0 Å². The highest BCUT2D eigenvalue weighted by Crippen LogP contribution is 2.37. The van der Waals surface area contributed by atoms with Crippen molar-refractivity contribution in [2.45, 2.75) is 51.2 Å². The maximum atomic E-state index is 13.6. The second-order valence-corrected chi connectivity index (χ2v) is 9.79. The standard InChI is InChI=1S/C22H28FN3O6S/c1-5-15(27)11-16(28)17(21(29)30)18-19(12(3)4)24-22(26-33(31,32)6-2)25-20(18)13-7-9-14(23)10-8-13/h5,7-10,12,15-17,27-28H,1,6,11H2,2-4H3,(H,29,30)(H,24,25,26). The van der Waals surface area contributed by atoms with Crippen LogP contribution in [0, 0.1) is 5.82 Å². The molecular weight excluding hydrogens is 453 g/mol. The second-order valence-electron chi connectivity index (χ2n) is 7.78. The molecule has 4 N–H and O–H groups in total. The van der Waals surface area contributed by atoms with E-state index in [1.165, 1.54) is 25.1 Å². The third-order valence-corrected chi connectivity index (χ3v) is 6.24. The summed E-state index contributed by atoms with van der Waals surface area (Å²) in [4.78, 5) is 20.8. The van der Waals surface area contributed by atoms with Gasteiger partial charge in [-0.2, -0.15) is 0 Å². The van der Waals surface area contributed by atoms with Crippen LogP contribution in [0.5, 0.6) is 0 Å². The Morgan fingerprint density at radius 1 is 1.21 bits per heavy atom. The number of aliphatic hydroxyl groups is 2. The lowest BCUT2D eigenvalue weighted by Crippen LogP contribution is -2.31. The number of rotatable bonds is 11. The zero-order valence-corrected chi connectivity index (χ0v) is 19.4. The van der Waals surface area contributed by atoms with E-state index in [0.717, 1.165) is 12.1 Å². The van der Waals surface area contributed by atoms with Crippen molar-refractivity contribution in [3.63, 3.8) is 0 Å². The van der Waals surface area contributed by atoms with Crippen LogP contribution in [0.1, 0.15) is 50.3 Å². The molecule has 0 saturated heterocycles. The van der Waals surface area contributed by atoms with Gasteiger partial charge in [-0.15, -0.1) is 6.58 Å². The van der Waals surface area contributed by atoms with Crippen molar-refractivity contribution < 1.29 is 32.9 Å². The van der Waals surface area contributed by atoms with Gasteiger partial charge in [0.1, 0.15) is 11.7 Å². The number of benzene rings is 1. The fourth-order valence-electron chi connectivity index (χ4n) is 3.28. The molecule has 1 aromatic heterocycles. The van der Waals surface area contributed by atoms with Crippen LogP contribution in [-0.2, 0) is 14.8 Å². The molecule has 0 saturated carbocycles. The van der Waals surface area contributed by atoms with Crippen molar-refractivity contribution in [2.24, 2.45) is 0 Å². The summed E-state index contributed by atoms with van der Waals surface area (Å²) in [5.74, 6) is -4.40. The smallest absolute Gasteiger partial charge is 0.313 e. The van der Waals surface area contributed by atoms with Gasteiger partial charge in [0, 0.05) is 17.5 Å². The van der Waals surface area contributed by atoms with E-state index in [2.05, 4.69) is 21.3 Å². The van der Waals surface area contributed by atoms with Crippen LogP contribution in [0.3, 0.4) is 0 Å². The van der Waals surface area contributed by atoms with Crippen LogP contribution in [0.4, 0.5) is 10.3 Å². The Morgan fingerprint density at radius 2 is 1.82 bits per heavy atom. The molecule has 0 spiro atoms. The topological polar surface area (TPSA) is 150 Å². The number of halogens is 1. The Bertz CT molecular complexity index is 1110. The molecule has 1 heterocycles. The van der Waals surface area contributed by atoms with Crippen LogP contribution >= 0.6 is 0 Å². The predicted octanol–water partition coefficient (Wildman–Crippen LogP) is 2.63. The Hall–Kier alpha value is -2.89. The molecule has 0 bridgehead atoms. The summed E-state index contributed by atoms with van der Waals surface area (Å²) in [5, 5.41) is 30.6. The van der Waals surface area contributed by atoms with Crippen molar-refractivity contribution >= 4 is 21.9 Å². The fraction of sp³-hybridized carbons (Fsp3) is 0.409. The number of aliphatic hydroxyl groups excluding tert-OH is 2. The Morgan fingerprint density at radius 3 is 2.30 bits per heavy atom. The number of carboxylic acid groups (broad SMARTS) is 1. The minimum absolute atomic E-state index is 0.0297. The number of nitrogens with zero attached hydrogens (tertiary/aromatic N) is 2. The Balaban J connectivity index is 2.85. The summed E-state index contributed by atoms with van der Waals surface area (Å²) in [5.41, 5.74) is 0.572. The summed E-state index contributed by atoms with van der Waals surface area (Å²) < 4.78 is 40.1.